The van der Waals surface area contributed by atoms with E-state index in [4.69, 9.17) is 9.47 Å². The van der Waals surface area contributed by atoms with Crippen LogP contribution >= 0.6 is 0 Å². The highest BCUT2D eigenvalue weighted by Gasteiger charge is 2.52. The summed E-state index contributed by atoms with van der Waals surface area (Å²) in [6, 6.07) is 0. The molecule has 0 aromatic rings. The number of ether oxygens (including phenoxy) is 2. The summed E-state index contributed by atoms with van der Waals surface area (Å²) in [7, 11) is 1.38. The van der Waals surface area contributed by atoms with E-state index >= 15 is 0 Å². The highest BCUT2D eigenvalue weighted by atomic mass is 16.6. The van der Waals surface area contributed by atoms with E-state index in [0.717, 1.165) is 37.7 Å². The molecule has 1 aliphatic carbocycles. The zero-order valence-electron chi connectivity index (χ0n) is 16.0. The normalized spacial score (nSPS) is 34.0. The van der Waals surface area contributed by atoms with Gasteiger partial charge in [-0.1, -0.05) is 24.3 Å². The molecule has 140 valence electrons. The van der Waals surface area contributed by atoms with E-state index in [2.05, 4.69) is 26.5 Å². The fraction of sp³-hybridized carbons (Fsp3) is 0.667. The smallest absolute Gasteiger partial charge is 0.333 e. The molecule has 1 heterocycles. The number of aliphatic hydroxyl groups is 1. The van der Waals surface area contributed by atoms with Crippen LogP contribution in [0.2, 0.25) is 0 Å². The largest absolute Gasteiger partial charge is 0.466 e. The molecule has 2 aliphatic rings. The van der Waals surface area contributed by atoms with Crippen molar-refractivity contribution in [3.05, 3.63) is 35.5 Å². The Bertz CT molecular complexity index is 574. The second-order valence-electron chi connectivity index (χ2n) is 7.70. The number of esters is 1. The van der Waals surface area contributed by atoms with E-state index in [0.29, 0.717) is 12.0 Å². The van der Waals surface area contributed by atoms with Crippen molar-refractivity contribution in [2.75, 3.05) is 7.11 Å². The van der Waals surface area contributed by atoms with Crippen molar-refractivity contribution in [3.63, 3.8) is 0 Å². The summed E-state index contributed by atoms with van der Waals surface area (Å²) in [5.74, 6) is -0.389. The molecule has 0 bridgehead atoms. The molecule has 0 spiro atoms. The van der Waals surface area contributed by atoms with E-state index in [-0.39, 0.29) is 23.6 Å². The number of allylic oxidation sites excluding steroid dienone is 3. The maximum Gasteiger partial charge on any atom is 0.333 e. The molecule has 0 amide bonds. The predicted molar refractivity (Wildman–Crippen MR) is 99.1 cm³/mol. The molecule has 0 unspecified atom stereocenters. The van der Waals surface area contributed by atoms with Crippen molar-refractivity contribution in [1.82, 2.24) is 0 Å². The molecule has 1 fully saturated rings. The number of carbonyl (C=O) groups excluding carboxylic acids is 1. The fourth-order valence-electron chi connectivity index (χ4n) is 3.51. The van der Waals surface area contributed by atoms with Gasteiger partial charge in [-0.25, -0.2) is 4.79 Å². The zero-order valence-corrected chi connectivity index (χ0v) is 16.0. The van der Waals surface area contributed by atoms with Crippen molar-refractivity contribution in [3.8, 4) is 0 Å². The van der Waals surface area contributed by atoms with E-state index in [1.807, 2.05) is 13.0 Å². The summed E-state index contributed by atoms with van der Waals surface area (Å²) >= 11 is 0. The third-order valence-electron chi connectivity index (χ3n) is 5.67. The second kappa shape index (κ2) is 8.33. The molecule has 25 heavy (non-hydrogen) atoms. The van der Waals surface area contributed by atoms with Crippen LogP contribution in [0.4, 0.5) is 0 Å². The molecule has 1 aliphatic heterocycles. The number of hydrogen-bond acceptors (Lipinski definition) is 4. The van der Waals surface area contributed by atoms with Crippen LogP contribution in [-0.4, -0.2) is 36.0 Å². The summed E-state index contributed by atoms with van der Waals surface area (Å²) in [5.41, 5.74) is 2.66. The first-order chi connectivity index (χ1) is 11.8. The highest BCUT2D eigenvalue weighted by molar-refractivity contribution is 5.88. The molecule has 4 atom stereocenters. The van der Waals surface area contributed by atoms with E-state index in [9.17, 15) is 9.90 Å². The minimum absolute atomic E-state index is 0.0263. The first-order valence-electron chi connectivity index (χ1n) is 9.22. The predicted octanol–water partition coefficient (Wildman–Crippen LogP) is 4.10. The van der Waals surface area contributed by atoms with E-state index in [1.54, 1.807) is 0 Å². The molecule has 0 aromatic heterocycles. The van der Waals surface area contributed by atoms with Gasteiger partial charge in [0.25, 0.3) is 0 Å². The molecule has 1 N–H and O–H groups in total. The Morgan fingerprint density at radius 1 is 1.40 bits per heavy atom. The molecule has 1 saturated heterocycles. The van der Waals surface area contributed by atoms with Crippen LogP contribution in [0.5, 0.6) is 0 Å². The molecule has 0 radical (unpaired) electrons. The van der Waals surface area contributed by atoms with Gasteiger partial charge in [0, 0.05) is 5.57 Å². The quantitative estimate of drug-likeness (QED) is 0.353. The van der Waals surface area contributed by atoms with Gasteiger partial charge in [0.2, 0.25) is 0 Å². The van der Waals surface area contributed by atoms with Crippen LogP contribution in [0.25, 0.3) is 0 Å². The fourth-order valence-corrected chi connectivity index (χ4v) is 3.51. The van der Waals surface area contributed by atoms with Crippen LogP contribution in [0.1, 0.15) is 59.3 Å². The number of fused-ring (bicyclic) bond motifs is 1. The second-order valence-corrected chi connectivity index (χ2v) is 7.70. The van der Waals surface area contributed by atoms with Crippen LogP contribution in [0.3, 0.4) is 0 Å². The number of epoxide rings is 1. The molecule has 0 aromatic carbocycles. The molecule has 4 heteroatoms. The molecule has 4 nitrogen and oxygen atoms in total. The number of aliphatic hydroxyl groups excluding tert-OH is 1. The van der Waals surface area contributed by atoms with Gasteiger partial charge in [0.05, 0.1) is 24.9 Å². The Morgan fingerprint density at radius 2 is 2.12 bits per heavy atom. The lowest BCUT2D eigenvalue weighted by Gasteiger charge is -2.18. The van der Waals surface area contributed by atoms with E-state index < -0.39 is 6.10 Å². The number of carbonyl (C=O) groups is 1. The summed E-state index contributed by atoms with van der Waals surface area (Å²) in [6.07, 6.45) is 9.00. The Morgan fingerprint density at radius 3 is 2.80 bits per heavy atom. The van der Waals surface area contributed by atoms with Crippen LogP contribution < -0.4 is 0 Å². The molecule has 0 saturated carbocycles. The van der Waals surface area contributed by atoms with Crippen LogP contribution in [0, 0.1) is 5.92 Å². The van der Waals surface area contributed by atoms with Gasteiger partial charge in [-0.2, -0.15) is 0 Å². The first kappa shape index (κ1) is 19.9. The lowest BCUT2D eigenvalue weighted by atomic mass is 9.86. The number of hydrogen-bond donors (Lipinski definition) is 1. The minimum atomic E-state index is -0.444. The maximum absolute atomic E-state index is 11.9. The topological polar surface area (TPSA) is 59.1 Å². The number of rotatable bonds is 2. The maximum atomic E-state index is 11.9. The van der Waals surface area contributed by atoms with Crippen molar-refractivity contribution < 1.29 is 19.4 Å². The Labute approximate surface area is 151 Å². The number of methoxy groups -OCH3 is 1. The summed E-state index contributed by atoms with van der Waals surface area (Å²) in [6.45, 7) is 10.2. The van der Waals surface area contributed by atoms with Gasteiger partial charge in [-0.3, -0.25) is 0 Å². The van der Waals surface area contributed by atoms with Gasteiger partial charge in [-0.15, -0.1) is 0 Å². The van der Waals surface area contributed by atoms with Crippen molar-refractivity contribution in [2.45, 2.75) is 77.1 Å². The van der Waals surface area contributed by atoms with Crippen molar-refractivity contribution in [1.29, 1.82) is 0 Å². The molecular weight excluding hydrogens is 316 g/mol. The van der Waals surface area contributed by atoms with Crippen molar-refractivity contribution >= 4 is 5.97 Å². The Balaban J connectivity index is 2.17. The third kappa shape index (κ3) is 5.29. The summed E-state index contributed by atoms with van der Waals surface area (Å²) in [4.78, 5) is 11.9. The average Bonchev–Trinajstić information content (AvgIpc) is 3.23. The lowest BCUT2D eigenvalue weighted by molar-refractivity contribution is -0.136. The standard InChI is InChI=1S/C21H32O4/c1-14-7-6-12-21(4)19(25-21)13-17(16(3)20(23)24-5)10-9-15(2)18(22)11-8-14/h7,9,17-19,22H,3,6,8,10-13H2,1-2,4-5H3/t17-,18+,19+,21+/m1/s1. The van der Waals surface area contributed by atoms with Gasteiger partial charge >= 0.3 is 5.97 Å². The SMILES string of the molecule is C=C(C(=O)OC)[C@@H]1CC=C(C)[C@@H](O)CCC(C)=CCC[C@]2(C)O[C@H]2C1. The first-order valence-corrected chi connectivity index (χ1v) is 9.22. The highest BCUT2D eigenvalue weighted by Crippen LogP contribution is 2.45. The zero-order chi connectivity index (χ0) is 18.6. The molecule has 2 rings (SSSR count). The van der Waals surface area contributed by atoms with Gasteiger partial charge < -0.3 is 14.6 Å². The molecular formula is C21H32O4. The minimum Gasteiger partial charge on any atom is -0.466 e. The van der Waals surface area contributed by atoms with Crippen molar-refractivity contribution in [2.24, 2.45) is 5.92 Å². The monoisotopic (exact) mass is 348 g/mol. The average molecular weight is 348 g/mol. The lowest BCUT2D eigenvalue weighted by Crippen LogP contribution is -2.19. The van der Waals surface area contributed by atoms with Crippen LogP contribution in [0.15, 0.2) is 35.5 Å². The van der Waals surface area contributed by atoms with Gasteiger partial charge in [0.1, 0.15) is 0 Å². The third-order valence-corrected chi connectivity index (χ3v) is 5.67. The van der Waals surface area contributed by atoms with Gasteiger partial charge in [-0.05, 0) is 70.8 Å². The Hall–Kier alpha value is -1.39. The Kier molecular flexibility index (Phi) is 6.64. The summed E-state index contributed by atoms with van der Waals surface area (Å²) < 4.78 is 10.8. The summed E-state index contributed by atoms with van der Waals surface area (Å²) in [5, 5.41) is 10.4. The van der Waals surface area contributed by atoms with Gasteiger partial charge in [0.15, 0.2) is 0 Å². The van der Waals surface area contributed by atoms with E-state index in [1.165, 1.54) is 12.7 Å². The van der Waals surface area contributed by atoms with Crippen LogP contribution in [-0.2, 0) is 14.3 Å².